The van der Waals surface area contributed by atoms with Crippen molar-refractivity contribution >= 4 is 35.0 Å². The Morgan fingerprint density at radius 1 is 1.00 bits per heavy atom. The average molecular weight is 365 g/mol. The zero-order chi connectivity index (χ0) is 17.6. The second kappa shape index (κ2) is 8.18. The molecule has 3 N–H and O–H groups in total. The smallest absolute Gasteiger partial charge is 0.241 e. The molecule has 0 saturated heterocycles. The Balaban J connectivity index is 2.08. The molecule has 0 aliphatic carbocycles. The Kier molecular flexibility index (Phi) is 6.23. The number of carbonyl (C=O) groups excluding carboxylic acids is 2. The van der Waals surface area contributed by atoms with Gasteiger partial charge in [-0.05, 0) is 11.1 Å². The van der Waals surface area contributed by atoms with E-state index in [1.807, 2.05) is 48.5 Å². The first kappa shape index (κ1) is 18.3. The number of benzene rings is 2. The number of hydrogen-bond donors (Lipinski definition) is 2. The maximum absolute atomic E-state index is 12.3. The van der Waals surface area contributed by atoms with E-state index in [9.17, 15) is 9.59 Å². The zero-order valence-corrected chi connectivity index (χ0v) is 14.4. The Labute approximate surface area is 150 Å². The summed E-state index contributed by atoms with van der Waals surface area (Å²) in [5, 5.41) is 1.39. The van der Waals surface area contributed by atoms with Gasteiger partial charge in [-0.3, -0.25) is 9.59 Å². The molecule has 2 aromatic rings. The molecule has 126 valence electrons. The summed E-state index contributed by atoms with van der Waals surface area (Å²) in [5.41, 5.74) is 7.11. The molecule has 0 radical (unpaired) electrons. The Bertz CT molecular complexity index is 695. The van der Waals surface area contributed by atoms with Gasteiger partial charge in [-0.1, -0.05) is 60.7 Å². The van der Waals surface area contributed by atoms with E-state index in [1.165, 1.54) is 0 Å². The van der Waals surface area contributed by atoms with Crippen molar-refractivity contribution in [2.45, 2.75) is 23.2 Å². The number of nitrogens with two attached hydrogens (primary N) is 1. The first-order chi connectivity index (χ1) is 11.4. The summed E-state index contributed by atoms with van der Waals surface area (Å²) in [7, 11) is 0. The summed E-state index contributed by atoms with van der Waals surface area (Å²) in [6, 6.07) is 18.4. The zero-order valence-electron chi connectivity index (χ0n) is 12.9. The van der Waals surface area contributed by atoms with Crippen molar-refractivity contribution in [2.24, 2.45) is 5.73 Å². The molecular weight excluding hydrogens is 347 g/mol. The SMILES string of the molecule is NC(=O)C(Cl)(Cc1ccccc1)C(Cl)C(=O)NCc1ccccc1. The fraction of sp³-hybridized carbons (Fsp3) is 0.222. The average Bonchev–Trinajstić information content (AvgIpc) is 2.60. The number of halogens is 2. The Hall–Kier alpha value is -2.04. The van der Waals surface area contributed by atoms with Gasteiger partial charge in [0.1, 0.15) is 5.38 Å². The summed E-state index contributed by atoms with van der Waals surface area (Å²) in [5.74, 6) is -1.37. The molecule has 24 heavy (non-hydrogen) atoms. The summed E-state index contributed by atoms with van der Waals surface area (Å²) in [6.45, 7) is 0.292. The summed E-state index contributed by atoms with van der Waals surface area (Å²) < 4.78 is 0. The normalized spacial score (nSPS) is 14.4. The number of nitrogens with one attached hydrogen (secondary N) is 1. The first-order valence-corrected chi connectivity index (χ1v) is 8.23. The fourth-order valence-electron chi connectivity index (χ4n) is 2.28. The molecule has 4 nitrogen and oxygen atoms in total. The van der Waals surface area contributed by atoms with Crippen LogP contribution in [0.25, 0.3) is 0 Å². The largest absolute Gasteiger partial charge is 0.368 e. The van der Waals surface area contributed by atoms with Gasteiger partial charge in [-0.15, -0.1) is 23.2 Å². The number of hydrogen-bond acceptors (Lipinski definition) is 2. The molecule has 0 saturated carbocycles. The molecule has 0 fully saturated rings. The predicted octanol–water partition coefficient (Wildman–Crippen LogP) is 2.62. The molecule has 2 unspecified atom stereocenters. The minimum absolute atomic E-state index is 0.0671. The van der Waals surface area contributed by atoms with Gasteiger partial charge in [-0.2, -0.15) is 0 Å². The monoisotopic (exact) mass is 364 g/mol. The van der Waals surface area contributed by atoms with Crippen LogP contribution in [0.2, 0.25) is 0 Å². The topological polar surface area (TPSA) is 72.2 Å². The van der Waals surface area contributed by atoms with Crippen molar-refractivity contribution in [3.8, 4) is 0 Å². The van der Waals surface area contributed by atoms with Crippen LogP contribution in [0.3, 0.4) is 0 Å². The van der Waals surface area contributed by atoms with Gasteiger partial charge < -0.3 is 11.1 Å². The Morgan fingerprint density at radius 3 is 2.00 bits per heavy atom. The van der Waals surface area contributed by atoms with E-state index in [2.05, 4.69) is 5.32 Å². The van der Waals surface area contributed by atoms with Crippen LogP contribution in [0.5, 0.6) is 0 Å². The van der Waals surface area contributed by atoms with Gasteiger partial charge in [0.2, 0.25) is 11.8 Å². The molecule has 2 rings (SSSR count). The van der Waals surface area contributed by atoms with Gasteiger partial charge in [0, 0.05) is 13.0 Å². The van der Waals surface area contributed by atoms with E-state index in [4.69, 9.17) is 28.9 Å². The number of rotatable bonds is 7. The minimum atomic E-state index is -1.70. The number of primary amides is 1. The highest BCUT2D eigenvalue weighted by molar-refractivity contribution is 6.45. The van der Waals surface area contributed by atoms with Crippen molar-refractivity contribution < 1.29 is 9.59 Å². The highest BCUT2D eigenvalue weighted by atomic mass is 35.5. The number of amides is 2. The van der Waals surface area contributed by atoms with Gasteiger partial charge >= 0.3 is 0 Å². The van der Waals surface area contributed by atoms with Crippen molar-refractivity contribution in [3.05, 3.63) is 71.8 Å². The van der Waals surface area contributed by atoms with Crippen molar-refractivity contribution in [2.75, 3.05) is 0 Å². The molecule has 0 heterocycles. The standard InChI is InChI=1S/C18H18Cl2N2O2/c19-15(16(23)22-12-14-9-5-2-6-10-14)18(20,17(21)24)11-13-7-3-1-4-8-13/h1-10,15H,11-12H2,(H2,21,24)(H,22,23). The number of carbonyl (C=O) groups is 2. The van der Waals surface area contributed by atoms with Crippen LogP contribution in [0.4, 0.5) is 0 Å². The van der Waals surface area contributed by atoms with Crippen LogP contribution >= 0.6 is 23.2 Å². The molecule has 0 aliphatic heterocycles. The second-order valence-corrected chi connectivity index (χ2v) is 6.57. The first-order valence-electron chi connectivity index (χ1n) is 7.42. The van der Waals surface area contributed by atoms with Crippen molar-refractivity contribution in [1.82, 2.24) is 5.32 Å². The molecule has 0 bridgehead atoms. The maximum atomic E-state index is 12.3. The van der Waals surface area contributed by atoms with Crippen molar-refractivity contribution in [3.63, 3.8) is 0 Å². The lowest BCUT2D eigenvalue weighted by Crippen LogP contribution is -2.53. The van der Waals surface area contributed by atoms with Gasteiger partial charge in [-0.25, -0.2) is 0 Å². The molecule has 6 heteroatoms. The van der Waals surface area contributed by atoms with E-state index in [1.54, 1.807) is 12.1 Å². The minimum Gasteiger partial charge on any atom is -0.368 e. The van der Waals surface area contributed by atoms with Crippen LogP contribution in [0.15, 0.2) is 60.7 Å². The molecule has 0 spiro atoms. The van der Waals surface area contributed by atoms with E-state index < -0.39 is 22.1 Å². The third kappa shape index (κ3) is 4.49. The lowest BCUT2D eigenvalue weighted by atomic mass is 9.93. The van der Waals surface area contributed by atoms with Crippen LogP contribution < -0.4 is 11.1 Å². The van der Waals surface area contributed by atoms with Crippen molar-refractivity contribution in [1.29, 1.82) is 0 Å². The van der Waals surface area contributed by atoms with Gasteiger partial charge in [0.05, 0.1) is 0 Å². The highest BCUT2D eigenvalue weighted by Crippen LogP contribution is 2.29. The van der Waals surface area contributed by atoms with Crippen LogP contribution in [-0.4, -0.2) is 22.1 Å². The molecule has 2 atom stereocenters. The summed E-state index contributed by atoms with van der Waals surface area (Å²) in [6.07, 6.45) is 0.0671. The van der Waals surface area contributed by atoms with Gasteiger partial charge in [0.25, 0.3) is 0 Å². The van der Waals surface area contributed by atoms with E-state index >= 15 is 0 Å². The van der Waals surface area contributed by atoms with E-state index in [0.717, 1.165) is 11.1 Å². The van der Waals surface area contributed by atoms with E-state index in [-0.39, 0.29) is 6.42 Å². The molecular formula is C18H18Cl2N2O2. The van der Waals surface area contributed by atoms with E-state index in [0.29, 0.717) is 6.54 Å². The quantitative estimate of drug-likeness (QED) is 0.741. The lowest BCUT2D eigenvalue weighted by Gasteiger charge is -2.28. The summed E-state index contributed by atoms with van der Waals surface area (Å²) in [4.78, 5) is 22.5. The van der Waals surface area contributed by atoms with Crippen LogP contribution in [0.1, 0.15) is 11.1 Å². The fourth-order valence-corrected chi connectivity index (χ4v) is 2.79. The second-order valence-electron chi connectivity index (χ2n) is 5.46. The molecule has 2 aromatic carbocycles. The third-order valence-corrected chi connectivity index (χ3v) is 4.88. The highest BCUT2D eigenvalue weighted by Gasteiger charge is 2.45. The lowest BCUT2D eigenvalue weighted by molar-refractivity contribution is -0.127. The molecule has 0 aromatic heterocycles. The number of alkyl halides is 2. The van der Waals surface area contributed by atoms with Crippen LogP contribution in [-0.2, 0) is 22.6 Å². The molecule has 0 aliphatic rings. The third-order valence-electron chi connectivity index (χ3n) is 3.66. The Morgan fingerprint density at radius 2 is 1.50 bits per heavy atom. The van der Waals surface area contributed by atoms with Gasteiger partial charge in [0.15, 0.2) is 4.87 Å². The van der Waals surface area contributed by atoms with Crippen LogP contribution in [0, 0.1) is 0 Å². The summed E-state index contributed by atoms with van der Waals surface area (Å²) >= 11 is 12.6. The molecule has 2 amide bonds. The predicted molar refractivity (Wildman–Crippen MR) is 95.9 cm³/mol. The maximum Gasteiger partial charge on any atom is 0.241 e.